The number of carbonyl (C=O) groups is 1. The molecule has 0 unspecified atom stereocenters. The Morgan fingerprint density at radius 1 is 0.926 bits per heavy atom. The number of rotatable bonds is 5. The quantitative estimate of drug-likeness (QED) is 0.596. The van der Waals surface area contributed by atoms with Gasteiger partial charge in [0.25, 0.3) is 0 Å². The molecule has 1 amide bonds. The molecule has 2 aromatic carbocycles. The van der Waals surface area contributed by atoms with Crippen LogP contribution >= 0.6 is 0 Å². The zero-order chi connectivity index (χ0) is 18.6. The van der Waals surface area contributed by atoms with Crippen molar-refractivity contribution in [1.29, 1.82) is 0 Å². The first kappa shape index (κ1) is 16.8. The summed E-state index contributed by atoms with van der Waals surface area (Å²) in [5.74, 6) is -0.225. The number of nitrogens with one attached hydrogen (secondary N) is 1. The highest BCUT2D eigenvalue weighted by Gasteiger charge is 2.17. The number of pyridine rings is 1. The largest absolute Gasteiger partial charge is 0.350 e. The van der Waals surface area contributed by atoms with Gasteiger partial charge in [-0.2, -0.15) is 0 Å². The van der Waals surface area contributed by atoms with Crippen LogP contribution in [0.25, 0.3) is 16.9 Å². The van der Waals surface area contributed by atoms with Gasteiger partial charge < -0.3 is 5.32 Å². The Hall–Kier alpha value is -3.67. The Kier molecular flexibility index (Phi) is 4.53. The third-order valence-electron chi connectivity index (χ3n) is 4.34. The fourth-order valence-corrected chi connectivity index (χ4v) is 3.04. The van der Waals surface area contributed by atoms with Gasteiger partial charge in [0.1, 0.15) is 6.54 Å². The monoisotopic (exact) mass is 358 g/mol. The van der Waals surface area contributed by atoms with Crippen LogP contribution in [-0.4, -0.2) is 20.0 Å². The lowest BCUT2D eigenvalue weighted by Gasteiger charge is -2.06. The predicted octanol–water partition coefficient (Wildman–Crippen LogP) is 2.50. The van der Waals surface area contributed by atoms with Crippen molar-refractivity contribution < 1.29 is 4.79 Å². The summed E-state index contributed by atoms with van der Waals surface area (Å²) < 4.78 is 2.98. The fourth-order valence-electron chi connectivity index (χ4n) is 3.04. The van der Waals surface area contributed by atoms with Crippen LogP contribution < -0.4 is 11.0 Å². The second-order valence-corrected chi connectivity index (χ2v) is 6.15. The number of carbonyl (C=O) groups excluding carboxylic acids is 1. The minimum Gasteiger partial charge on any atom is -0.350 e. The summed E-state index contributed by atoms with van der Waals surface area (Å²) in [7, 11) is 0. The van der Waals surface area contributed by atoms with E-state index in [1.165, 1.54) is 9.13 Å². The molecular weight excluding hydrogens is 340 g/mol. The molecule has 4 rings (SSSR count). The number of nitrogens with zero attached hydrogens (tertiary/aromatic N) is 3. The summed E-state index contributed by atoms with van der Waals surface area (Å²) in [5.41, 5.74) is 2.59. The second kappa shape index (κ2) is 7.29. The Morgan fingerprint density at radius 3 is 2.37 bits per heavy atom. The average Bonchev–Trinajstić information content (AvgIpc) is 2.99. The summed E-state index contributed by atoms with van der Waals surface area (Å²) in [6.45, 7) is 0.359. The van der Waals surface area contributed by atoms with E-state index in [-0.39, 0.29) is 18.1 Å². The standard InChI is InChI=1S/C21H18N4O2/c26-19(23-14-16-8-3-1-4-9-16)15-24-18-12-7-13-22-20(18)25(21(24)27)17-10-5-2-6-11-17/h1-13H,14-15H2,(H,23,26). The van der Waals surface area contributed by atoms with Gasteiger partial charge in [-0.1, -0.05) is 48.5 Å². The van der Waals surface area contributed by atoms with E-state index < -0.39 is 0 Å². The van der Waals surface area contributed by atoms with E-state index in [2.05, 4.69) is 10.3 Å². The number of hydrogen-bond acceptors (Lipinski definition) is 3. The third-order valence-corrected chi connectivity index (χ3v) is 4.34. The van der Waals surface area contributed by atoms with Gasteiger partial charge in [-0.15, -0.1) is 0 Å². The van der Waals surface area contributed by atoms with Crippen LogP contribution in [0.15, 0.2) is 83.8 Å². The van der Waals surface area contributed by atoms with Gasteiger partial charge in [0.2, 0.25) is 5.91 Å². The summed E-state index contributed by atoms with van der Waals surface area (Å²) >= 11 is 0. The molecule has 1 N–H and O–H groups in total. The normalized spacial score (nSPS) is 10.8. The van der Waals surface area contributed by atoms with E-state index in [0.717, 1.165) is 11.3 Å². The van der Waals surface area contributed by atoms with Crippen molar-refractivity contribution in [3.8, 4) is 5.69 Å². The molecule has 0 atom stereocenters. The molecule has 6 nitrogen and oxygen atoms in total. The highest BCUT2D eigenvalue weighted by Crippen LogP contribution is 2.15. The molecule has 0 radical (unpaired) electrons. The highest BCUT2D eigenvalue weighted by molar-refractivity contribution is 5.80. The molecule has 0 fully saturated rings. The SMILES string of the molecule is O=C(Cn1c(=O)n(-c2ccccc2)c2ncccc21)NCc1ccccc1. The number of aromatic nitrogens is 3. The number of hydrogen-bond donors (Lipinski definition) is 1. The van der Waals surface area contributed by atoms with Gasteiger partial charge >= 0.3 is 5.69 Å². The molecule has 2 aromatic heterocycles. The van der Waals surface area contributed by atoms with Crippen molar-refractivity contribution in [1.82, 2.24) is 19.4 Å². The van der Waals surface area contributed by atoms with E-state index in [4.69, 9.17) is 0 Å². The van der Waals surface area contributed by atoms with Gasteiger partial charge in [-0.05, 0) is 29.8 Å². The minimum atomic E-state index is -0.287. The van der Waals surface area contributed by atoms with E-state index in [1.54, 1.807) is 18.3 Å². The first-order chi connectivity index (χ1) is 13.2. The van der Waals surface area contributed by atoms with Crippen molar-refractivity contribution in [2.75, 3.05) is 0 Å². The van der Waals surface area contributed by atoms with Crippen molar-refractivity contribution >= 4 is 17.1 Å². The Bertz CT molecular complexity index is 1130. The lowest BCUT2D eigenvalue weighted by molar-refractivity contribution is -0.121. The molecular formula is C21H18N4O2. The molecule has 27 heavy (non-hydrogen) atoms. The molecule has 0 saturated carbocycles. The summed E-state index contributed by atoms with van der Waals surface area (Å²) in [6.07, 6.45) is 1.64. The average molecular weight is 358 g/mol. The Balaban J connectivity index is 1.65. The van der Waals surface area contributed by atoms with Crippen molar-refractivity contribution in [3.05, 3.63) is 95.0 Å². The first-order valence-corrected chi connectivity index (χ1v) is 8.66. The molecule has 6 heteroatoms. The number of imidazole rings is 1. The van der Waals surface area contributed by atoms with Crippen LogP contribution in [0.3, 0.4) is 0 Å². The van der Waals surface area contributed by atoms with Gasteiger partial charge in [0.15, 0.2) is 5.65 Å². The molecule has 0 saturated heterocycles. The number of fused-ring (bicyclic) bond motifs is 1. The summed E-state index contributed by atoms with van der Waals surface area (Å²) in [6, 6.07) is 22.5. The van der Waals surface area contributed by atoms with E-state index in [9.17, 15) is 9.59 Å². The molecule has 0 bridgehead atoms. The zero-order valence-corrected chi connectivity index (χ0v) is 14.6. The number of para-hydroxylation sites is 1. The van der Waals surface area contributed by atoms with E-state index >= 15 is 0 Å². The summed E-state index contributed by atoms with van der Waals surface area (Å²) in [4.78, 5) is 29.8. The maximum atomic E-state index is 13.0. The van der Waals surface area contributed by atoms with Crippen LogP contribution in [0.1, 0.15) is 5.56 Å². The van der Waals surface area contributed by atoms with Crippen molar-refractivity contribution in [2.45, 2.75) is 13.1 Å². The van der Waals surface area contributed by atoms with Gasteiger partial charge in [0.05, 0.1) is 11.2 Å². The lowest BCUT2D eigenvalue weighted by Crippen LogP contribution is -2.32. The van der Waals surface area contributed by atoms with Crippen molar-refractivity contribution in [2.24, 2.45) is 0 Å². The Morgan fingerprint density at radius 2 is 1.63 bits per heavy atom. The highest BCUT2D eigenvalue weighted by atomic mass is 16.2. The van der Waals surface area contributed by atoms with Crippen LogP contribution in [0.2, 0.25) is 0 Å². The van der Waals surface area contributed by atoms with Crippen LogP contribution in [0.5, 0.6) is 0 Å². The van der Waals surface area contributed by atoms with Gasteiger partial charge in [-0.25, -0.2) is 14.3 Å². The molecule has 0 aliphatic heterocycles. The number of amides is 1. The Labute approximate surface area is 155 Å². The maximum absolute atomic E-state index is 13.0. The van der Waals surface area contributed by atoms with Gasteiger partial charge in [-0.3, -0.25) is 9.36 Å². The molecule has 0 spiro atoms. The van der Waals surface area contributed by atoms with Crippen molar-refractivity contribution in [3.63, 3.8) is 0 Å². The lowest BCUT2D eigenvalue weighted by atomic mass is 10.2. The van der Waals surface area contributed by atoms with Crippen LogP contribution in [0.4, 0.5) is 0 Å². The molecule has 4 aromatic rings. The number of benzene rings is 2. The van der Waals surface area contributed by atoms with Crippen LogP contribution in [0, 0.1) is 0 Å². The predicted molar refractivity (Wildman–Crippen MR) is 104 cm³/mol. The smallest absolute Gasteiger partial charge is 0.335 e. The molecule has 0 aliphatic carbocycles. The second-order valence-electron chi connectivity index (χ2n) is 6.15. The van der Waals surface area contributed by atoms with E-state index in [0.29, 0.717) is 17.7 Å². The molecule has 0 aliphatic rings. The van der Waals surface area contributed by atoms with E-state index in [1.807, 2.05) is 60.7 Å². The molecule has 2 heterocycles. The topological polar surface area (TPSA) is 68.9 Å². The van der Waals surface area contributed by atoms with Crippen LogP contribution in [-0.2, 0) is 17.9 Å². The van der Waals surface area contributed by atoms with Gasteiger partial charge in [0, 0.05) is 12.7 Å². The summed E-state index contributed by atoms with van der Waals surface area (Å²) in [5, 5.41) is 2.86. The third kappa shape index (κ3) is 3.37. The minimum absolute atomic E-state index is 0.0618. The first-order valence-electron chi connectivity index (χ1n) is 8.66. The maximum Gasteiger partial charge on any atom is 0.335 e. The fraction of sp³-hybridized carbons (Fsp3) is 0.0952. The zero-order valence-electron chi connectivity index (χ0n) is 14.6. The molecule has 134 valence electrons.